The van der Waals surface area contributed by atoms with Crippen LogP contribution in [0.3, 0.4) is 0 Å². The van der Waals surface area contributed by atoms with Crippen molar-refractivity contribution in [2.75, 3.05) is 12.3 Å². The average Bonchev–Trinajstić information content (AvgIpc) is 2.47. The molecule has 126 valence electrons. The number of anilines is 1. The monoisotopic (exact) mass is 323 g/mol. The highest BCUT2D eigenvalue weighted by molar-refractivity contribution is 6.01. The van der Waals surface area contributed by atoms with Crippen molar-refractivity contribution in [3.63, 3.8) is 0 Å². The van der Waals surface area contributed by atoms with Crippen molar-refractivity contribution < 1.29 is 14.3 Å². The van der Waals surface area contributed by atoms with E-state index in [1.807, 2.05) is 13.8 Å². The highest BCUT2D eigenvalue weighted by Crippen LogP contribution is 2.08. The molecule has 0 saturated carbocycles. The molecule has 0 fully saturated rings. The normalized spacial score (nSPS) is 11.2. The van der Waals surface area contributed by atoms with Crippen LogP contribution in [0.2, 0.25) is 0 Å². The van der Waals surface area contributed by atoms with Gasteiger partial charge in [0.15, 0.2) is 6.61 Å². The predicted octanol–water partition coefficient (Wildman–Crippen LogP) is 0.0872. The number of nitrogens with zero attached hydrogens (tertiary/aromatic N) is 2. The Morgan fingerprint density at radius 2 is 1.91 bits per heavy atom. The molecule has 8 heteroatoms. The number of hydrogen-bond donors (Lipinski definition) is 1. The number of hydrogen-bond acceptors (Lipinski definition) is 6. The summed E-state index contributed by atoms with van der Waals surface area (Å²) in [7, 11) is 1.27. The Hall–Kier alpha value is -2.64. The van der Waals surface area contributed by atoms with E-state index in [0.29, 0.717) is 0 Å². The summed E-state index contributed by atoms with van der Waals surface area (Å²) in [6.07, 6.45) is 2.61. The molecule has 0 bridgehead atoms. The lowest BCUT2D eigenvalue weighted by Crippen LogP contribution is -2.43. The summed E-state index contributed by atoms with van der Waals surface area (Å²) in [6, 6.07) is 0. The van der Waals surface area contributed by atoms with E-state index in [0.717, 1.165) is 10.6 Å². The van der Waals surface area contributed by atoms with Crippen molar-refractivity contribution in [3.8, 4) is 0 Å². The van der Waals surface area contributed by atoms with Crippen LogP contribution in [-0.2, 0) is 23.1 Å². The van der Waals surface area contributed by atoms with Crippen LogP contribution in [0.25, 0.3) is 0 Å². The molecule has 1 heterocycles. The van der Waals surface area contributed by atoms with E-state index >= 15 is 0 Å². The maximum absolute atomic E-state index is 12.2. The minimum atomic E-state index is -0.806. The van der Waals surface area contributed by atoms with Crippen molar-refractivity contribution in [1.29, 1.82) is 0 Å². The molecular weight excluding hydrogens is 302 g/mol. The molecule has 0 aliphatic carbocycles. The van der Waals surface area contributed by atoms with Crippen LogP contribution in [-0.4, -0.2) is 27.5 Å². The molecule has 1 rings (SSSR count). The van der Waals surface area contributed by atoms with Crippen LogP contribution in [0.5, 0.6) is 0 Å². The fourth-order valence-corrected chi connectivity index (χ4v) is 1.98. The summed E-state index contributed by atoms with van der Waals surface area (Å²) in [5.74, 6) is -1.58. The van der Waals surface area contributed by atoms with Crippen molar-refractivity contribution in [3.05, 3.63) is 38.6 Å². The number of Topliss-reactive ketones (excluding diaryl/α,β-unsaturated/α-hetero) is 1. The Balaban J connectivity index is 3.28. The number of ether oxygens (including phenoxy) is 1. The summed E-state index contributed by atoms with van der Waals surface area (Å²) < 4.78 is 6.73. The molecule has 0 spiro atoms. The number of esters is 1. The first-order valence-electron chi connectivity index (χ1n) is 7.12. The lowest BCUT2D eigenvalue weighted by atomic mass is 10.1. The van der Waals surface area contributed by atoms with Gasteiger partial charge in [-0.3, -0.25) is 18.7 Å². The van der Waals surface area contributed by atoms with E-state index in [9.17, 15) is 19.2 Å². The molecule has 23 heavy (non-hydrogen) atoms. The molecule has 0 atom stereocenters. The second kappa shape index (κ2) is 7.57. The Labute approximate surface area is 133 Å². The third-order valence-electron chi connectivity index (χ3n) is 3.06. The van der Waals surface area contributed by atoms with E-state index in [1.165, 1.54) is 17.7 Å². The molecule has 0 unspecified atom stereocenters. The Morgan fingerprint density at radius 3 is 2.43 bits per heavy atom. The van der Waals surface area contributed by atoms with Crippen LogP contribution < -0.4 is 17.0 Å². The van der Waals surface area contributed by atoms with Crippen LogP contribution in [0.1, 0.15) is 31.1 Å². The highest BCUT2D eigenvalue weighted by atomic mass is 16.5. The van der Waals surface area contributed by atoms with Crippen molar-refractivity contribution in [2.45, 2.75) is 27.3 Å². The second-order valence-electron chi connectivity index (χ2n) is 5.44. The molecule has 8 nitrogen and oxygen atoms in total. The quantitative estimate of drug-likeness (QED) is 0.451. The molecule has 1 aromatic heterocycles. The highest BCUT2D eigenvalue weighted by Gasteiger charge is 2.22. The van der Waals surface area contributed by atoms with Gasteiger partial charge in [-0.05, 0) is 12.8 Å². The third-order valence-corrected chi connectivity index (χ3v) is 3.06. The van der Waals surface area contributed by atoms with E-state index in [1.54, 1.807) is 6.92 Å². The zero-order chi connectivity index (χ0) is 17.7. The number of carbonyl (C=O) groups excluding carboxylic acids is 2. The number of allylic oxidation sites excluding steroid dienone is 1. The molecule has 0 aromatic carbocycles. The zero-order valence-corrected chi connectivity index (χ0v) is 13.7. The van der Waals surface area contributed by atoms with Gasteiger partial charge in [0, 0.05) is 19.7 Å². The molecular formula is C15H21N3O5. The van der Waals surface area contributed by atoms with Gasteiger partial charge in [0.25, 0.3) is 5.56 Å². The standard InChI is InChI=1S/C15H21N3O5/c1-5-6-11(20)23-8-10(19)12-13(16)18(7-9(2)3)15(22)17(4)14(12)21/h5-6,9H,7-8,16H2,1-4H3/b6-5+. The number of carbonyl (C=O) groups is 2. The van der Waals surface area contributed by atoms with E-state index < -0.39 is 29.6 Å². The van der Waals surface area contributed by atoms with E-state index in [-0.39, 0.29) is 23.8 Å². The van der Waals surface area contributed by atoms with Gasteiger partial charge in [0.05, 0.1) is 0 Å². The number of aromatic nitrogens is 2. The van der Waals surface area contributed by atoms with Gasteiger partial charge >= 0.3 is 11.7 Å². The molecule has 0 saturated heterocycles. The van der Waals surface area contributed by atoms with Gasteiger partial charge in [-0.1, -0.05) is 19.9 Å². The molecule has 0 aliphatic rings. The second-order valence-corrected chi connectivity index (χ2v) is 5.44. The molecule has 0 radical (unpaired) electrons. The predicted molar refractivity (Wildman–Crippen MR) is 85.3 cm³/mol. The lowest BCUT2D eigenvalue weighted by molar-refractivity contribution is -0.136. The topological polar surface area (TPSA) is 113 Å². The lowest BCUT2D eigenvalue weighted by Gasteiger charge is -2.16. The summed E-state index contributed by atoms with van der Waals surface area (Å²) >= 11 is 0. The first-order chi connectivity index (χ1) is 10.7. The SMILES string of the molecule is C/C=C/C(=O)OCC(=O)c1c(N)n(CC(C)C)c(=O)n(C)c1=O. The summed E-state index contributed by atoms with van der Waals surface area (Å²) in [6.45, 7) is 5.01. The van der Waals surface area contributed by atoms with E-state index in [4.69, 9.17) is 10.5 Å². The largest absolute Gasteiger partial charge is 0.454 e. The van der Waals surface area contributed by atoms with Crippen LogP contribution in [0.4, 0.5) is 5.82 Å². The summed E-state index contributed by atoms with van der Waals surface area (Å²) in [5.41, 5.74) is 4.10. The fourth-order valence-electron chi connectivity index (χ4n) is 1.98. The van der Waals surface area contributed by atoms with Gasteiger partial charge in [-0.25, -0.2) is 9.59 Å². The van der Waals surface area contributed by atoms with Crippen LogP contribution in [0, 0.1) is 5.92 Å². The maximum atomic E-state index is 12.2. The van der Waals surface area contributed by atoms with Crippen molar-refractivity contribution in [2.24, 2.45) is 13.0 Å². The van der Waals surface area contributed by atoms with Gasteiger partial charge in [0.2, 0.25) is 5.78 Å². The van der Waals surface area contributed by atoms with Gasteiger partial charge in [0.1, 0.15) is 11.4 Å². The van der Waals surface area contributed by atoms with Crippen LogP contribution in [0.15, 0.2) is 21.7 Å². The molecule has 1 aromatic rings. The van der Waals surface area contributed by atoms with Gasteiger partial charge < -0.3 is 10.5 Å². The minimum absolute atomic E-state index is 0.0861. The molecule has 2 N–H and O–H groups in total. The molecule has 0 aliphatic heterocycles. The van der Waals surface area contributed by atoms with Gasteiger partial charge in [-0.15, -0.1) is 0 Å². The Morgan fingerprint density at radius 1 is 1.30 bits per heavy atom. The first kappa shape index (κ1) is 18.4. The Kier molecular flexibility index (Phi) is 6.06. The fraction of sp³-hybridized carbons (Fsp3) is 0.467. The maximum Gasteiger partial charge on any atom is 0.332 e. The van der Waals surface area contributed by atoms with Crippen molar-refractivity contribution >= 4 is 17.6 Å². The third kappa shape index (κ3) is 4.18. The smallest absolute Gasteiger partial charge is 0.332 e. The number of ketones is 1. The summed E-state index contributed by atoms with van der Waals surface area (Å²) in [4.78, 5) is 47.7. The van der Waals surface area contributed by atoms with E-state index in [2.05, 4.69) is 0 Å². The Bertz CT molecular complexity index is 756. The number of nitrogen functional groups attached to an aromatic ring is 1. The minimum Gasteiger partial charge on any atom is -0.454 e. The summed E-state index contributed by atoms with van der Waals surface area (Å²) in [5, 5.41) is 0. The zero-order valence-electron chi connectivity index (χ0n) is 13.7. The molecule has 0 amide bonds. The average molecular weight is 323 g/mol. The van der Waals surface area contributed by atoms with Gasteiger partial charge in [-0.2, -0.15) is 0 Å². The number of rotatable bonds is 6. The van der Waals surface area contributed by atoms with Crippen molar-refractivity contribution in [1.82, 2.24) is 9.13 Å². The first-order valence-corrected chi connectivity index (χ1v) is 7.12. The number of nitrogens with two attached hydrogens (primary N) is 1. The van der Waals surface area contributed by atoms with Crippen LogP contribution >= 0.6 is 0 Å².